The van der Waals surface area contributed by atoms with Crippen molar-refractivity contribution in [1.82, 2.24) is 0 Å². The molecule has 3 rings (SSSR count). The van der Waals surface area contributed by atoms with E-state index in [1.54, 1.807) is 6.07 Å². The van der Waals surface area contributed by atoms with Gasteiger partial charge in [0, 0.05) is 13.1 Å². The molecular formula is C17H17ClFN3O2. The summed E-state index contributed by atoms with van der Waals surface area (Å²) in [6, 6.07) is 11.1. The van der Waals surface area contributed by atoms with Crippen LogP contribution in [-0.2, 0) is 4.74 Å². The SMILES string of the molecule is O=C(Nc1ccccc1N1CCOCC1)Nc1c(F)cccc1Cl. The van der Waals surface area contributed by atoms with Crippen LogP contribution in [0.1, 0.15) is 0 Å². The number of rotatable bonds is 3. The molecule has 126 valence electrons. The number of halogens is 2. The van der Waals surface area contributed by atoms with Gasteiger partial charge in [-0.05, 0) is 24.3 Å². The highest BCUT2D eigenvalue weighted by atomic mass is 35.5. The monoisotopic (exact) mass is 349 g/mol. The number of benzene rings is 2. The first-order valence-corrected chi connectivity index (χ1v) is 7.96. The van der Waals surface area contributed by atoms with E-state index in [1.807, 2.05) is 18.2 Å². The van der Waals surface area contributed by atoms with Crippen LogP contribution in [0.4, 0.5) is 26.2 Å². The van der Waals surface area contributed by atoms with Crippen molar-refractivity contribution in [3.05, 3.63) is 53.3 Å². The number of carbonyl (C=O) groups is 1. The standard InChI is InChI=1S/C17H17ClFN3O2/c18-12-4-3-5-13(19)16(12)21-17(23)20-14-6-1-2-7-15(14)22-8-10-24-11-9-22/h1-7H,8-11H2,(H2,20,21,23). The van der Waals surface area contributed by atoms with Gasteiger partial charge in [-0.3, -0.25) is 0 Å². The van der Waals surface area contributed by atoms with Crippen molar-refractivity contribution >= 4 is 34.7 Å². The smallest absolute Gasteiger partial charge is 0.323 e. The maximum absolute atomic E-state index is 13.8. The van der Waals surface area contributed by atoms with Crippen LogP contribution < -0.4 is 15.5 Å². The van der Waals surface area contributed by atoms with E-state index in [0.717, 1.165) is 18.8 Å². The van der Waals surface area contributed by atoms with Crippen molar-refractivity contribution < 1.29 is 13.9 Å². The van der Waals surface area contributed by atoms with Gasteiger partial charge in [0.25, 0.3) is 0 Å². The lowest BCUT2D eigenvalue weighted by molar-refractivity contribution is 0.123. The average molecular weight is 350 g/mol. The Morgan fingerprint density at radius 2 is 1.83 bits per heavy atom. The Morgan fingerprint density at radius 3 is 2.58 bits per heavy atom. The number of nitrogens with zero attached hydrogens (tertiary/aromatic N) is 1. The van der Waals surface area contributed by atoms with Crippen molar-refractivity contribution in [1.29, 1.82) is 0 Å². The summed E-state index contributed by atoms with van der Waals surface area (Å²) >= 11 is 5.92. The van der Waals surface area contributed by atoms with Crippen molar-refractivity contribution in [2.45, 2.75) is 0 Å². The number of carbonyl (C=O) groups excluding carboxylic acids is 1. The second-order valence-electron chi connectivity index (χ2n) is 5.29. The van der Waals surface area contributed by atoms with Crippen LogP contribution in [0.5, 0.6) is 0 Å². The van der Waals surface area contributed by atoms with Gasteiger partial charge in [-0.15, -0.1) is 0 Å². The summed E-state index contributed by atoms with van der Waals surface area (Å²) in [6.45, 7) is 2.79. The summed E-state index contributed by atoms with van der Waals surface area (Å²) in [5, 5.41) is 5.35. The first kappa shape index (κ1) is 16.5. The first-order chi connectivity index (χ1) is 11.6. The van der Waals surface area contributed by atoms with Crippen LogP contribution in [0.25, 0.3) is 0 Å². The number of morpholine rings is 1. The van der Waals surface area contributed by atoms with E-state index in [1.165, 1.54) is 18.2 Å². The Kier molecular flexibility index (Phi) is 5.17. The Labute approximate surface area is 144 Å². The Hall–Kier alpha value is -2.31. The minimum absolute atomic E-state index is 0.0412. The van der Waals surface area contributed by atoms with Crippen LogP contribution in [0.15, 0.2) is 42.5 Å². The maximum Gasteiger partial charge on any atom is 0.323 e. The predicted molar refractivity (Wildman–Crippen MR) is 93.5 cm³/mol. The van der Waals surface area contributed by atoms with Gasteiger partial charge in [0.1, 0.15) is 5.82 Å². The molecule has 0 radical (unpaired) electrons. The predicted octanol–water partition coefficient (Wildman–Crippen LogP) is 3.96. The van der Waals surface area contributed by atoms with Crippen LogP contribution in [0.2, 0.25) is 5.02 Å². The van der Waals surface area contributed by atoms with Gasteiger partial charge in [-0.2, -0.15) is 0 Å². The Morgan fingerprint density at radius 1 is 1.08 bits per heavy atom. The molecule has 0 unspecified atom stereocenters. The van der Waals surface area contributed by atoms with Gasteiger partial charge in [0.05, 0.1) is 35.3 Å². The van der Waals surface area contributed by atoms with E-state index in [9.17, 15) is 9.18 Å². The number of amides is 2. The molecule has 0 aliphatic carbocycles. The molecule has 1 aliphatic heterocycles. The van der Waals surface area contributed by atoms with Crippen molar-refractivity contribution in [2.75, 3.05) is 41.8 Å². The highest BCUT2D eigenvalue weighted by Crippen LogP contribution is 2.28. The third kappa shape index (κ3) is 3.77. The van der Waals surface area contributed by atoms with E-state index >= 15 is 0 Å². The molecule has 1 heterocycles. The lowest BCUT2D eigenvalue weighted by Gasteiger charge is -2.30. The van der Waals surface area contributed by atoms with Crippen LogP contribution in [0, 0.1) is 5.82 Å². The van der Waals surface area contributed by atoms with Crippen LogP contribution in [-0.4, -0.2) is 32.3 Å². The minimum atomic E-state index is -0.584. The fourth-order valence-corrected chi connectivity index (χ4v) is 2.75. The molecule has 2 aromatic carbocycles. The number of anilines is 3. The second kappa shape index (κ2) is 7.51. The highest BCUT2D eigenvalue weighted by molar-refractivity contribution is 6.33. The molecule has 0 bridgehead atoms. The molecule has 0 aromatic heterocycles. The van der Waals surface area contributed by atoms with E-state index in [4.69, 9.17) is 16.3 Å². The second-order valence-corrected chi connectivity index (χ2v) is 5.70. The quantitative estimate of drug-likeness (QED) is 0.881. The number of nitrogens with one attached hydrogen (secondary N) is 2. The number of hydrogen-bond donors (Lipinski definition) is 2. The molecular weight excluding hydrogens is 333 g/mol. The number of ether oxygens (including phenoxy) is 1. The molecule has 0 atom stereocenters. The van der Waals surface area contributed by atoms with E-state index in [2.05, 4.69) is 15.5 Å². The normalized spacial score (nSPS) is 14.3. The highest BCUT2D eigenvalue weighted by Gasteiger charge is 2.16. The fourth-order valence-electron chi connectivity index (χ4n) is 2.54. The van der Waals surface area contributed by atoms with Gasteiger partial charge in [0.15, 0.2) is 0 Å². The Balaban J connectivity index is 1.75. The van der Waals surface area contributed by atoms with Gasteiger partial charge in [-0.25, -0.2) is 9.18 Å². The zero-order valence-electron chi connectivity index (χ0n) is 12.9. The summed E-state index contributed by atoms with van der Waals surface area (Å²) in [6.07, 6.45) is 0. The minimum Gasteiger partial charge on any atom is -0.378 e. The maximum atomic E-state index is 13.8. The molecule has 0 saturated carbocycles. The molecule has 24 heavy (non-hydrogen) atoms. The summed E-state index contributed by atoms with van der Waals surface area (Å²) in [5.41, 5.74) is 1.50. The van der Waals surface area contributed by atoms with Crippen LogP contribution >= 0.6 is 11.6 Å². The summed E-state index contributed by atoms with van der Waals surface area (Å²) < 4.78 is 19.1. The van der Waals surface area contributed by atoms with E-state index in [-0.39, 0.29) is 10.7 Å². The van der Waals surface area contributed by atoms with Crippen LogP contribution in [0.3, 0.4) is 0 Å². The third-order valence-corrected chi connectivity index (χ3v) is 4.02. The van der Waals surface area contributed by atoms with Crippen molar-refractivity contribution in [2.24, 2.45) is 0 Å². The van der Waals surface area contributed by atoms with E-state index in [0.29, 0.717) is 18.9 Å². The number of urea groups is 1. The molecule has 2 N–H and O–H groups in total. The molecule has 2 aromatic rings. The van der Waals surface area contributed by atoms with Gasteiger partial charge >= 0.3 is 6.03 Å². The van der Waals surface area contributed by atoms with Gasteiger partial charge in [-0.1, -0.05) is 29.8 Å². The molecule has 1 aliphatic rings. The lowest BCUT2D eigenvalue weighted by atomic mass is 10.2. The fraction of sp³-hybridized carbons (Fsp3) is 0.235. The zero-order valence-corrected chi connectivity index (χ0v) is 13.6. The van der Waals surface area contributed by atoms with Crippen molar-refractivity contribution in [3.8, 4) is 0 Å². The lowest BCUT2D eigenvalue weighted by Crippen LogP contribution is -2.37. The number of hydrogen-bond acceptors (Lipinski definition) is 3. The summed E-state index contributed by atoms with van der Waals surface area (Å²) in [7, 11) is 0. The number of para-hydroxylation sites is 3. The molecule has 0 spiro atoms. The largest absolute Gasteiger partial charge is 0.378 e. The van der Waals surface area contributed by atoms with E-state index < -0.39 is 11.8 Å². The van der Waals surface area contributed by atoms with Gasteiger partial charge in [0.2, 0.25) is 0 Å². The zero-order chi connectivity index (χ0) is 16.9. The molecule has 7 heteroatoms. The summed E-state index contributed by atoms with van der Waals surface area (Å²) in [4.78, 5) is 14.4. The molecule has 1 saturated heterocycles. The first-order valence-electron chi connectivity index (χ1n) is 7.59. The Bertz CT molecular complexity index is 715. The van der Waals surface area contributed by atoms with Crippen molar-refractivity contribution in [3.63, 3.8) is 0 Å². The third-order valence-electron chi connectivity index (χ3n) is 3.71. The topological polar surface area (TPSA) is 53.6 Å². The molecule has 2 amide bonds. The molecule has 1 fully saturated rings. The van der Waals surface area contributed by atoms with Gasteiger partial charge < -0.3 is 20.3 Å². The molecule has 5 nitrogen and oxygen atoms in total. The summed E-state index contributed by atoms with van der Waals surface area (Å²) in [5.74, 6) is -0.584. The average Bonchev–Trinajstić information content (AvgIpc) is 2.60.